The Kier molecular flexibility index (Phi) is 5.86. The average Bonchev–Trinajstić information content (AvgIpc) is 2.98. The highest BCUT2D eigenvalue weighted by molar-refractivity contribution is 7.96. The Hall–Kier alpha value is -1.16. The number of sulfone groups is 2. The molecule has 7 nitrogen and oxygen atoms in total. The van der Waals surface area contributed by atoms with Crippen LogP contribution in [0.3, 0.4) is 0 Å². The zero-order chi connectivity index (χ0) is 19.8. The maximum Gasteiger partial charge on any atom is 0.308 e. The second-order valence-electron chi connectivity index (χ2n) is 7.02. The molecule has 2 fully saturated rings. The van der Waals surface area contributed by atoms with Crippen molar-refractivity contribution in [3.05, 3.63) is 29.3 Å². The van der Waals surface area contributed by atoms with Crippen molar-refractivity contribution in [3.8, 4) is 0 Å². The van der Waals surface area contributed by atoms with Crippen molar-refractivity contribution in [2.24, 2.45) is 5.92 Å². The Morgan fingerprint density at radius 2 is 1.74 bits per heavy atom. The molecule has 0 saturated carbocycles. The lowest BCUT2D eigenvalue weighted by molar-refractivity contribution is -0.147. The molecule has 0 aromatic heterocycles. The number of piperidine rings is 1. The van der Waals surface area contributed by atoms with Crippen molar-refractivity contribution in [2.45, 2.75) is 29.0 Å². The van der Waals surface area contributed by atoms with E-state index in [2.05, 4.69) is 0 Å². The number of hydrogen-bond acceptors (Lipinski definition) is 7. The van der Waals surface area contributed by atoms with E-state index in [0.29, 0.717) is 31.0 Å². The molecular formula is C17H22ClNO6S2. The van der Waals surface area contributed by atoms with E-state index < -0.39 is 31.0 Å². The van der Waals surface area contributed by atoms with E-state index in [1.54, 1.807) is 0 Å². The van der Waals surface area contributed by atoms with Gasteiger partial charge in [-0.15, -0.1) is 0 Å². The Morgan fingerprint density at radius 1 is 1.15 bits per heavy atom. The molecule has 2 aliphatic rings. The summed E-state index contributed by atoms with van der Waals surface area (Å²) in [5.41, 5.74) is 0. The number of esters is 1. The first-order valence-corrected chi connectivity index (χ1v) is 12.4. The van der Waals surface area contributed by atoms with Gasteiger partial charge in [0.25, 0.3) is 0 Å². The predicted octanol–water partition coefficient (Wildman–Crippen LogP) is 1.16. The molecule has 2 atom stereocenters. The summed E-state index contributed by atoms with van der Waals surface area (Å²) in [6.07, 6.45) is 1.05. The normalized spacial score (nSPS) is 26.7. The molecule has 2 unspecified atom stereocenters. The van der Waals surface area contributed by atoms with Gasteiger partial charge in [-0.3, -0.25) is 9.69 Å². The first kappa shape index (κ1) is 20.6. The maximum absolute atomic E-state index is 13.1. The lowest BCUT2D eigenvalue weighted by Gasteiger charge is -2.36. The third kappa shape index (κ3) is 4.31. The number of benzene rings is 1. The smallest absolute Gasteiger partial charge is 0.308 e. The van der Waals surface area contributed by atoms with Crippen molar-refractivity contribution in [3.63, 3.8) is 0 Å². The molecule has 0 aliphatic carbocycles. The van der Waals surface area contributed by atoms with Gasteiger partial charge >= 0.3 is 5.97 Å². The molecule has 3 rings (SSSR count). The van der Waals surface area contributed by atoms with Crippen LogP contribution in [0.15, 0.2) is 29.2 Å². The van der Waals surface area contributed by atoms with Gasteiger partial charge < -0.3 is 4.74 Å². The molecule has 27 heavy (non-hydrogen) atoms. The molecule has 0 amide bonds. The fourth-order valence-electron chi connectivity index (χ4n) is 3.87. The number of methoxy groups -OCH3 is 1. The van der Waals surface area contributed by atoms with Gasteiger partial charge in [0.2, 0.25) is 0 Å². The Labute approximate surface area is 164 Å². The van der Waals surface area contributed by atoms with E-state index in [4.69, 9.17) is 16.3 Å². The van der Waals surface area contributed by atoms with E-state index in [1.165, 1.54) is 31.4 Å². The minimum Gasteiger partial charge on any atom is -0.469 e. The van der Waals surface area contributed by atoms with Crippen LogP contribution in [0.5, 0.6) is 0 Å². The minimum atomic E-state index is -3.83. The van der Waals surface area contributed by atoms with Gasteiger partial charge in [-0.2, -0.15) is 0 Å². The number of ether oxygens (including phenoxy) is 1. The molecule has 0 N–H and O–H groups in total. The number of hydrogen-bond donors (Lipinski definition) is 0. The van der Waals surface area contributed by atoms with E-state index in [1.807, 2.05) is 4.90 Å². The summed E-state index contributed by atoms with van der Waals surface area (Å²) >= 11 is 5.83. The zero-order valence-electron chi connectivity index (χ0n) is 14.9. The lowest BCUT2D eigenvalue weighted by Crippen LogP contribution is -2.50. The van der Waals surface area contributed by atoms with Crippen molar-refractivity contribution < 1.29 is 26.4 Å². The Morgan fingerprint density at radius 3 is 2.30 bits per heavy atom. The molecule has 1 aromatic rings. The van der Waals surface area contributed by atoms with Gasteiger partial charge in [0.05, 0.1) is 34.7 Å². The maximum atomic E-state index is 13.1. The molecule has 1 aromatic carbocycles. The summed E-state index contributed by atoms with van der Waals surface area (Å²) < 4.78 is 55.5. The number of rotatable bonds is 4. The minimum absolute atomic E-state index is 0.0726. The van der Waals surface area contributed by atoms with E-state index in [-0.39, 0.29) is 28.3 Å². The van der Waals surface area contributed by atoms with E-state index >= 15 is 0 Å². The summed E-state index contributed by atoms with van der Waals surface area (Å²) in [4.78, 5) is 13.7. The zero-order valence-corrected chi connectivity index (χ0v) is 17.3. The standard InChI is InChI=1S/C17H22ClNO6S2/c1-25-17(20)12-6-8-19(9-7-12)15-10-26(21,22)11-16(15)27(23,24)14-4-2-13(18)3-5-14/h2-5,12,15-16H,6-11H2,1H3. The number of carbonyl (C=O) groups is 1. The third-order valence-electron chi connectivity index (χ3n) is 5.35. The molecule has 0 spiro atoms. The molecule has 0 bridgehead atoms. The number of carbonyl (C=O) groups excluding carboxylic acids is 1. The highest BCUT2D eigenvalue weighted by atomic mass is 35.5. The highest BCUT2D eigenvalue weighted by Gasteiger charge is 2.48. The van der Waals surface area contributed by atoms with Gasteiger partial charge in [0.1, 0.15) is 0 Å². The van der Waals surface area contributed by atoms with Crippen molar-refractivity contribution in [1.82, 2.24) is 4.90 Å². The highest BCUT2D eigenvalue weighted by Crippen LogP contribution is 2.32. The van der Waals surface area contributed by atoms with Crippen molar-refractivity contribution in [2.75, 3.05) is 31.7 Å². The summed E-state index contributed by atoms with van der Waals surface area (Å²) in [6.45, 7) is 0.930. The van der Waals surface area contributed by atoms with Gasteiger partial charge in [-0.05, 0) is 50.2 Å². The van der Waals surface area contributed by atoms with Gasteiger partial charge in [-0.1, -0.05) is 11.6 Å². The van der Waals surface area contributed by atoms with Crippen LogP contribution in [0.25, 0.3) is 0 Å². The third-order valence-corrected chi connectivity index (χ3v) is 9.73. The monoisotopic (exact) mass is 435 g/mol. The Balaban J connectivity index is 1.84. The van der Waals surface area contributed by atoms with Crippen LogP contribution in [-0.2, 0) is 29.2 Å². The molecule has 0 radical (unpaired) electrons. The lowest BCUT2D eigenvalue weighted by atomic mass is 9.95. The topological polar surface area (TPSA) is 97.8 Å². The van der Waals surface area contributed by atoms with Crippen LogP contribution >= 0.6 is 11.6 Å². The van der Waals surface area contributed by atoms with E-state index in [9.17, 15) is 21.6 Å². The number of likely N-dealkylation sites (tertiary alicyclic amines) is 1. The fraction of sp³-hybridized carbons (Fsp3) is 0.588. The van der Waals surface area contributed by atoms with Crippen molar-refractivity contribution >= 4 is 37.2 Å². The molecule has 10 heteroatoms. The van der Waals surface area contributed by atoms with E-state index in [0.717, 1.165) is 0 Å². The number of halogens is 1. The molecule has 2 heterocycles. The molecule has 2 aliphatic heterocycles. The average molecular weight is 436 g/mol. The summed E-state index contributed by atoms with van der Waals surface area (Å²) in [7, 11) is -5.96. The van der Waals surface area contributed by atoms with Crippen LogP contribution in [0.2, 0.25) is 5.02 Å². The summed E-state index contributed by atoms with van der Waals surface area (Å²) in [5.74, 6) is -1.08. The van der Waals surface area contributed by atoms with Crippen LogP contribution in [0.4, 0.5) is 0 Å². The van der Waals surface area contributed by atoms with Gasteiger partial charge in [0, 0.05) is 11.1 Å². The first-order chi connectivity index (χ1) is 12.6. The predicted molar refractivity (Wildman–Crippen MR) is 101 cm³/mol. The van der Waals surface area contributed by atoms with Gasteiger partial charge in [0.15, 0.2) is 19.7 Å². The van der Waals surface area contributed by atoms with Crippen LogP contribution in [0, 0.1) is 5.92 Å². The summed E-state index contributed by atoms with van der Waals surface area (Å²) in [6, 6.07) is 5.16. The quantitative estimate of drug-likeness (QED) is 0.654. The SMILES string of the molecule is COC(=O)C1CCN(C2CS(=O)(=O)CC2S(=O)(=O)c2ccc(Cl)cc2)CC1. The second-order valence-corrected chi connectivity index (χ2v) is 11.8. The van der Waals surface area contributed by atoms with Gasteiger partial charge in [-0.25, -0.2) is 16.8 Å². The molecule has 150 valence electrons. The largest absolute Gasteiger partial charge is 0.469 e. The van der Waals surface area contributed by atoms with Crippen molar-refractivity contribution in [1.29, 1.82) is 0 Å². The van der Waals surface area contributed by atoms with Crippen LogP contribution < -0.4 is 0 Å². The second kappa shape index (κ2) is 7.69. The van der Waals surface area contributed by atoms with Crippen LogP contribution in [-0.4, -0.2) is 70.7 Å². The molecule has 2 saturated heterocycles. The Bertz CT molecular complexity index is 905. The molecular weight excluding hydrogens is 414 g/mol. The fourth-order valence-corrected chi connectivity index (χ4v) is 8.82. The van der Waals surface area contributed by atoms with Crippen LogP contribution in [0.1, 0.15) is 12.8 Å². The number of nitrogens with zero attached hydrogens (tertiary/aromatic N) is 1. The summed E-state index contributed by atoms with van der Waals surface area (Å²) in [5, 5.41) is -0.618. The first-order valence-electron chi connectivity index (χ1n) is 8.66.